The first-order chi connectivity index (χ1) is 9.26. The van der Waals surface area contributed by atoms with Crippen molar-refractivity contribution in [1.29, 1.82) is 0 Å². The summed E-state index contributed by atoms with van der Waals surface area (Å²) in [5.74, 6) is 0.789. The molecular formula is C14H27ClIN5. The van der Waals surface area contributed by atoms with Crippen LogP contribution >= 0.6 is 35.6 Å². The summed E-state index contributed by atoms with van der Waals surface area (Å²) in [5.41, 5.74) is 1.18. The summed E-state index contributed by atoms with van der Waals surface area (Å²) in [4.78, 5) is 6.42. The number of guanidine groups is 1. The number of hydrogen-bond acceptors (Lipinski definition) is 2. The largest absolute Gasteiger partial charge is 0.355 e. The Bertz CT molecular complexity index is 468. The number of aryl methyl sites for hydroxylation is 1. The van der Waals surface area contributed by atoms with E-state index in [9.17, 15) is 0 Å². The van der Waals surface area contributed by atoms with Crippen LogP contribution in [0.4, 0.5) is 0 Å². The number of nitrogens with one attached hydrogen (secondary N) is 2. The van der Waals surface area contributed by atoms with Crippen molar-refractivity contribution in [2.45, 2.75) is 25.9 Å². The Labute approximate surface area is 150 Å². The Kier molecular flexibility index (Phi) is 8.65. The van der Waals surface area contributed by atoms with Gasteiger partial charge in [0.25, 0.3) is 0 Å². The van der Waals surface area contributed by atoms with Gasteiger partial charge in [0.05, 0.1) is 11.6 Å². The van der Waals surface area contributed by atoms with E-state index in [1.54, 1.807) is 7.05 Å². The molecule has 0 atom stereocenters. The van der Waals surface area contributed by atoms with E-state index in [1.165, 1.54) is 0 Å². The summed E-state index contributed by atoms with van der Waals surface area (Å²) in [6.45, 7) is 5.87. The van der Waals surface area contributed by atoms with Crippen LogP contribution in [0, 0.1) is 0 Å². The maximum Gasteiger partial charge on any atom is 0.191 e. The number of rotatable bonds is 5. The molecule has 0 aromatic carbocycles. The molecule has 0 aliphatic rings. The Morgan fingerprint density at radius 1 is 1.38 bits per heavy atom. The number of hydrogen-bond donors (Lipinski definition) is 2. The number of nitrogens with zero attached hydrogens (tertiary/aromatic N) is 3. The first kappa shape index (κ1) is 20.5. The molecule has 2 N–H and O–H groups in total. The zero-order valence-corrected chi connectivity index (χ0v) is 16.8. The van der Waals surface area contributed by atoms with E-state index < -0.39 is 0 Å². The Morgan fingerprint density at radius 3 is 2.43 bits per heavy atom. The molecule has 0 aliphatic carbocycles. The highest BCUT2D eigenvalue weighted by molar-refractivity contribution is 14.0. The predicted octanol–water partition coefficient (Wildman–Crippen LogP) is 2.30. The predicted molar refractivity (Wildman–Crippen MR) is 102 cm³/mol. The van der Waals surface area contributed by atoms with Gasteiger partial charge < -0.3 is 20.1 Å². The average molecular weight is 428 g/mol. The van der Waals surface area contributed by atoms with E-state index in [0.29, 0.717) is 6.54 Å². The molecule has 122 valence electrons. The molecule has 0 amide bonds. The quantitative estimate of drug-likeness (QED) is 0.431. The standard InChI is InChI=1S/C14H26ClN5.HI/c1-14(2,19(4)5)10-18-13(16-3)17-8-12-7-11(15)9-20(12)6;/h7,9H,8,10H2,1-6H3,(H2,16,17,18);1H. The second-order valence-corrected chi connectivity index (χ2v) is 6.18. The minimum absolute atomic E-state index is 0. The lowest BCUT2D eigenvalue weighted by atomic mass is 10.0. The fourth-order valence-electron chi connectivity index (χ4n) is 1.59. The summed E-state index contributed by atoms with van der Waals surface area (Å²) < 4.78 is 2.01. The molecule has 0 bridgehead atoms. The number of likely N-dealkylation sites (N-methyl/N-ethyl adjacent to an activating group) is 1. The SMILES string of the molecule is CN=C(NCc1cc(Cl)cn1C)NCC(C)(C)N(C)C.I. The van der Waals surface area contributed by atoms with Crippen LogP contribution in [-0.4, -0.2) is 48.7 Å². The van der Waals surface area contributed by atoms with Gasteiger partial charge in [-0.25, -0.2) is 0 Å². The van der Waals surface area contributed by atoms with Crippen LogP contribution in [0.25, 0.3) is 0 Å². The fourth-order valence-corrected chi connectivity index (χ4v) is 1.87. The molecule has 0 spiro atoms. The lowest BCUT2D eigenvalue weighted by Gasteiger charge is -2.33. The van der Waals surface area contributed by atoms with Crippen molar-refractivity contribution in [3.8, 4) is 0 Å². The summed E-state index contributed by atoms with van der Waals surface area (Å²) in [7, 11) is 7.90. The smallest absolute Gasteiger partial charge is 0.191 e. The van der Waals surface area contributed by atoms with E-state index >= 15 is 0 Å². The van der Waals surface area contributed by atoms with Crippen molar-refractivity contribution in [2.24, 2.45) is 12.0 Å². The molecule has 1 rings (SSSR count). The van der Waals surface area contributed by atoms with Crippen LogP contribution in [0.3, 0.4) is 0 Å². The van der Waals surface area contributed by atoms with Gasteiger partial charge in [0.2, 0.25) is 0 Å². The van der Waals surface area contributed by atoms with E-state index in [2.05, 4.69) is 48.5 Å². The molecule has 0 unspecified atom stereocenters. The third-order valence-corrected chi connectivity index (χ3v) is 3.84. The van der Waals surface area contributed by atoms with Gasteiger partial charge in [-0.15, -0.1) is 24.0 Å². The van der Waals surface area contributed by atoms with Gasteiger partial charge in [-0.1, -0.05) is 11.6 Å². The summed E-state index contributed by atoms with van der Waals surface area (Å²) in [5, 5.41) is 7.39. The molecule has 21 heavy (non-hydrogen) atoms. The van der Waals surface area contributed by atoms with Gasteiger partial charge in [0.15, 0.2) is 5.96 Å². The zero-order chi connectivity index (χ0) is 15.3. The lowest BCUT2D eigenvalue weighted by Crippen LogP contribution is -2.50. The van der Waals surface area contributed by atoms with Crippen LogP contribution in [0.1, 0.15) is 19.5 Å². The molecule has 5 nitrogen and oxygen atoms in total. The molecule has 0 saturated heterocycles. The molecule has 1 heterocycles. The third-order valence-electron chi connectivity index (χ3n) is 3.63. The van der Waals surface area contributed by atoms with Crippen molar-refractivity contribution in [3.63, 3.8) is 0 Å². The van der Waals surface area contributed by atoms with Gasteiger partial charge in [-0.05, 0) is 34.0 Å². The van der Waals surface area contributed by atoms with Crippen LogP contribution in [0.2, 0.25) is 5.02 Å². The Morgan fingerprint density at radius 2 is 2.00 bits per heavy atom. The topological polar surface area (TPSA) is 44.6 Å². The molecule has 7 heteroatoms. The highest BCUT2D eigenvalue weighted by Crippen LogP contribution is 2.12. The number of aliphatic imine (C=N–C) groups is 1. The van der Waals surface area contributed by atoms with Crippen molar-refractivity contribution in [1.82, 2.24) is 20.1 Å². The molecule has 0 saturated carbocycles. The highest BCUT2D eigenvalue weighted by atomic mass is 127. The Hall–Kier alpha value is -0.470. The minimum atomic E-state index is 0. The van der Waals surface area contributed by atoms with Gasteiger partial charge in [-0.3, -0.25) is 4.99 Å². The minimum Gasteiger partial charge on any atom is -0.355 e. The Balaban J connectivity index is 0.00000400. The average Bonchev–Trinajstić information content (AvgIpc) is 2.68. The summed E-state index contributed by atoms with van der Waals surface area (Å²) >= 11 is 5.97. The van der Waals surface area contributed by atoms with Crippen LogP contribution in [-0.2, 0) is 13.6 Å². The maximum atomic E-state index is 5.97. The lowest BCUT2D eigenvalue weighted by molar-refractivity contribution is 0.197. The number of aromatic nitrogens is 1. The molecule has 0 radical (unpaired) electrons. The third kappa shape index (κ3) is 6.44. The zero-order valence-electron chi connectivity index (χ0n) is 13.7. The summed E-state index contributed by atoms with van der Waals surface area (Å²) in [6, 6.07) is 1.95. The van der Waals surface area contributed by atoms with E-state index in [4.69, 9.17) is 11.6 Å². The molecule has 1 aromatic rings. The molecule has 1 aromatic heterocycles. The van der Waals surface area contributed by atoms with E-state index in [-0.39, 0.29) is 29.5 Å². The fraction of sp³-hybridized carbons (Fsp3) is 0.643. The van der Waals surface area contributed by atoms with Gasteiger partial charge in [-0.2, -0.15) is 0 Å². The maximum absolute atomic E-state index is 5.97. The molecule has 0 fully saturated rings. The van der Waals surface area contributed by atoms with Crippen molar-refractivity contribution in [3.05, 3.63) is 23.0 Å². The molecular weight excluding hydrogens is 401 g/mol. The van der Waals surface area contributed by atoms with Crippen molar-refractivity contribution in [2.75, 3.05) is 27.7 Å². The van der Waals surface area contributed by atoms with Gasteiger partial charge >= 0.3 is 0 Å². The van der Waals surface area contributed by atoms with E-state index in [0.717, 1.165) is 23.2 Å². The first-order valence-electron chi connectivity index (χ1n) is 6.69. The van der Waals surface area contributed by atoms with E-state index in [1.807, 2.05) is 23.9 Å². The summed E-state index contributed by atoms with van der Waals surface area (Å²) in [6.07, 6.45) is 1.89. The first-order valence-corrected chi connectivity index (χ1v) is 7.07. The van der Waals surface area contributed by atoms with Gasteiger partial charge in [0.1, 0.15) is 0 Å². The molecule has 0 aliphatic heterocycles. The van der Waals surface area contributed by atoms with Gasteiger partial charge in [0, 0.05) is 38.1 Å². The highest BCUT2D eigenvalue weighted by Gasteiger charge is 2.20. The van der Waals surface area contributed by atoms with Crippen molar-refractivity contribution < 1.29 is 0 Å². The normalized spacial score (nSPS) is 12.3. The van der Waals surface area contributed by atoms with Crippen LogP contribution < -0.4 is 10.6 Å². The number of halogens is 2. The second kappa shape index (κ2) is 8.85. The van der Waals surface area contributed by atoms with Crippen LogP contribution in [0.15, 0.2) is 17.3 Å². The van der Waals surface area contributed by atoms with Crippen LogP contribution in [0.5, 0.6) is 0 Å². The van der Waals surface area contributed by atoms with Crippen molar-refractivity contribution >= 4 is 41.5 Å². The monoisotopic (exact) mass is 427 g/mol. The second-order valence-electron chi connectivity index (χ2n) is 5.75.